The van der Waals surface area contributed by atoms with E-state index in [0.29, 0.717) is 30.8 Å². The van der Waals surface area contributed by atoms with E-state index in [9.17, 15) is 9.59 Å². The van der Waals surface area contributed by atoms with Crippen LogP contribution in [0, 0.1) is 0 Å². The van der Waals surface area contributed by atoms with Crippen LogP contribution in [-0.4, -0.2) is 25.2 Å². The van der Waals surface area contributed by atoms with E-state index >= 15 is 0 Å². The Morgan fingerprint density at radius 3 is 2.41 bits per heavy atom. The number of fused-ring (bicyclic) bond motifs is 1. The summed E-state index contributed by atoms with van der Waals surface area (Å²) in [4.78, 5) is 29.5. The van der Waals surface area contributed by atoms with E-state index in [0.717, 1.165) is 31.5 Å². The zero-order chi connectivity index (χ0) is 16.3. The number of hydrogen-bond acceptors (Lipinski definition) is 4. The zero-order valence-electron chi connectivity index (χ0n) is 13.6. The van der Waals surface area contributed by atoms with Gasteiger partial charge in [0, 0.05) is 33.1 Å². The first-order chi connectivity index (χ1) is 10.6. The average Bonchev–Trinajstić information content (AvgIpc) is 2.84. The highest BCUT2D eigenvalue weighted by molar-refractivity contribution is 5.71. The molecule has 0 saturated heterocycles. The van der Waals surface area contributed by atoms with Crippen LogP contribution in [0.4, 0.5) is 0 Å². The molecule has 0 saturated carbocycles. The van der Waals surface area contributed by atoms with Crippen molar-refractivity contribution in [2.75, 3.05) is 6.54 Å². The Balaban J connectivity index is 2.82. The smallest absolute Gasteiger partial charge is 0.329 e. The molecule has 2 rings (SSSR count). The molecular weight excluding hydrogens is 282 g/mol. The molecule has 0 aliphatic rings. The Labute approximate surface area is 129 Å². The molecule has 0 amide bonds. The maximum absolute atomic E-state index is 12.5. The third-order valence-electron chi connectivity index (χ3n) is 3.87. The summed E-state index contributed by atoms with van der Waals surface area (Å²) in [5, 5.41) is 0. The summed E-state index contributed by atoms with van der Waals surface area (Å²) in [6, 6.07) is 0. The van der Waals surface area contributed by atoms with Gasteiger partial charge in [-0.1, -0.05) is 20.3 Å². The lowest BCUT2D eigenvalue weighted by atomic mass is 10.3. The van der Waals surface area contributed by atoms with E-state index in [-0.39, 0.29) is 11.2 Å². The summed E-state index contributed by atoms with van der Waals surface area (Å²) in [6.45, 7) is 5.67. The van der Waals surface area contributed by atoms with Gasteiger partial charge in [0.05, 0.1) is 0 Å². The summed E-state index contributed by atoms with van der Waals surface area (Å²) in [7, 11) is 1.52. The lowest BCUT2D eigenvalue weighted by Gasteiger charge is -2.09. The fourth-order valence-electron chi connectivity index (χ4n) is 2.70. The van der Waals surface area contributed by atoms with Crippen LogP contribution in [0.2, 0.25) is 0 Å². The lowest BCUT2D eigenvalue weighted by molar-refractivity contribution is 0.583. The predicted octanol–water partition coefficient (Wildman–Crippen LogP) is 0.608. The summed E-state index contributed by atoms with van der Waals surface area (Å²) in [6.07, 6.45) is 3.54. The van der Waals surface area contributed by atoms with Gasteiger partial charge in [0.2, 0.25) is 0 Å². The van der Waals surface area contributed by atoms with E-state index in [1.165, 1.54) is 11.6 Å². The number of hydrogen-bond donors (Lipinski definition) is 1. The molecule has 7 nitrogen and oxygen atoms in total. The number of unbranched alkanes of at least 4 members (excludes halogenated alkanes) is 1. The first-order valence-electron chi connectivity index (χ1n) is 7.95. The Morgan fingerprint density at radius 2 is 1.82 bits per heavy atom. The molecule has 0 radical (unpaired) electrons. The third kappa shape index (κ3) is 2.72. The van der Waals surface area contributed by atoms with Crippen LogP contribution in [-0.2, 0) is 26.6 Å². The SMILES string of the molecule is CCCCn1c(=O)n(C)c(=O)c2c1nc(CCC)n2CCN. The highest BCUT2D eigenvalue weighted by Gasteiger charge is 2.19. The van der Waals surface area contributed by atoms with Crippen LogP contribution in [0.1, 0.15) is 38.9 Å². The van der Waals surface area contributed by atoms with Crippen LogP contribution in [0.5, 0.6) is 0 Å². The van der Waals surface area contributed by atoms with E-state index in [1.807, 2.05) is 4.57 Å². The van der Waals surface area contributed by atoms with Gasteiger partial charge in [0.25, 0.3) is 5.56 Å². The van der Waals surface area contributed by atoms with E-state index in [4.69, 9.17) is 5.73 Å². The van der Waals surface area contributed by atoms with Gasteiger partial charge >= 0.3 is 5.69 Å². The molecular formula is C15H25N5O2. The second-order valence-corrected chi connectivity index (χ2v) is 5.54. The topological polar surface area (TPSA) is 87.8 Å². The molecule has 2 aromatic rings. The van der Waals surface area contributed by atoms with Gasteiger partial charge in [0.15, 0.2) is 11.2 Å². The minimum atomic E-state index is -0.300. The van der Waals surface area contributed by atoms with Gasteiger partial charge in [-0.2, -0.15) is 0 Å². The molecule has 2 heterocycles. The summed E-state index contributed by atoms with van der Waals surface area (Å²) in [5.74, 6) is 0.830. The standard InChI is InChI=1S/C15H25N5O2/c1-4-6-9-20-13-12(14(21)18(3)15(20)22)19(10-8-16)11(17-13)7-5-2/h4-10,16H2,1-3H3. The normalized spacial score (nSPS) is 11.5. The Kier molecular flexibility index (Phi) is 5.18. The van der Waals surface area contributed by atoms with Crippen molar-refractivity contribution in [3.05, 3.63) is 26.7 Å². The van der Waals surface area contributed by atoms with Crippen LogP contribution in [0.3, 0.4) is 0 Å². The minimum absolute atomic E-state index is 0.295. The van der Waals surface area contributed by atoms with E-state index in [1.54, 1.807) is 4.57 Å². The Morgan fingerprint density at radius 1 is 1.09 bits per heavy atom. The van der Waals surface area contributed by atoms with Crippen molar-refractivity contribution in [3.8, 4) is 0 Å². The molecule has 2 aromatic heterocycles. The molecule has 0 bridgehead atoms. The van der Waals surface area contributed by atoms with Crippen molar-refractivity contribution >= 4 is 11.2 Å². The van der Waals surface area contributed by atoms with Gasteiger partial charge in [0.1, 0.15) is 5.82 Å². The Bertz CT molecular complexity index is 769. The van der Waals surface area contributed by atoms with E-state index < -0.39 is 0 Å². The van der Waals surface area contributed by atoms with Crippen LogP contribution in [0.15, 0.2) is 9.59 Å². The molecule has 0 aliphatic carbocycles. The molecule has 0 aliphatic heterocycles. The highest BCUT2D eigenvalue weighted by Crippen LogP contribution is 2.13. The molecule has 0 unspecified atom stereocenters. The number of nitrogens with two attached hydrogens (primary N) is 1. The minimum Gasteiger partial charge on any atom is -0.329 e. The fraction of sp³-hybridized carbons (Fsp3) is 0.667. The van der Waals surface area contributed by atoms with Crippen molar-refractivity contribution in [3.63, 3.8) is 0 Å². The molecule has 0 spiro atoms. The van der Waals surface area contributed by atoms with Crippen LogP contribution >= 0.6 is 0 Å². The quantitative estimate of drug-likeness (QED) is 0.811. The largest absolute Gasteiger partial charge is 0.332 e. The summed E-state index contributed by atoms with van der Waals surface area (Å²) in [5.41, 5.74) is 6.08. The summed E-state index contributed by atoms with van der Waals surface area (Å²) < 4.78 is 4.66. The Hall–Kier alpha value is -1.89. The maximum Gasteiger partial charge on any atom is 0.332 e. The molecule has 7 heteroatoms. The number of aryl methyl sites for hydroxylation is 2. The third-order valence-corrected chi connectivity index (χ3v) is 3.87. The average molecular weight is 307 g/mol. The number of rotatable bonds is 7. The molecule has 0 fully saturated rings. The second-order valence-electron chi connectivity index (χ2n) is 5.54. The van der Waals surface area contributed by atoms with Crippen molar-refractivity contribution in [1.29, 1.82) is 0 Å². The molecule has 0 aromatic carbocycles. The number of imidazole rings is 1. The van der Waals surface area contributed by atoms with Gasteiger partial charge < -0.3 is 10.3 Å². The molecule has 122 valence electrons. The first kappa shape index (κ1) is 16.5. The first-order valence-corrected chi connectivity index (χ1v) is 7.95. The maximum atomic E-state index is 12.5. The van der Waals surface area contributed by atoms with Gasteiger partial charge in [-0.25, -0.2) is 9.78 Å². The lowest BCUT2D eigenvalue weighted by Crippen LogP contribution is -2.39. The van der Waals surface area contributed by atoms with Crippen molar-refractivity contribution in [2.45, 2.75) is 52.6 Å². The van der Waals surface area contributed by atoms with Gasteiger partial charge in [-0.3, -0.25) is 13.9 Å². The van der Waals surface area contributed by atoms with Gasteiger partial charge in [-0.05, 0) is 12.8 Å². The molecule has 2 N–H and O–H groups in total. The zero-order valence-corrected chi connectivity index (χ0v) is 13.6. The van der Waals surface area contributed by atoms with Crippen LogP contribution < -0.4 is 17.0 Å². The van der Waals surface area contributed by atoms with E-state index in [2.05, 4.69) is 18.8 Å². The van der Waals surface area contributed by atoms with Gasteiger partial charge in [-0.15, -0.1) is 0 Å². The fourth-order valence-corrected chi connectivity index (χ4v) is 2.70. The molecule has 22 heavy (non-hydrogen) atoms. The molecule has 0 atom stereocenters. The highest BCUT2D eigenvalue weighted by atomic mass is 16.2. The van der Waals surface area contributed by atoms with Crippen molar-refractivity contribution in [1.82, 2.24) is 18.7 Å². The second kappa shape index (κ2) is 6.91. The van der Waals surface area contributed by atoms with Crippen molar-refractivity contribution < 1.29 is 0 Å². The van der Waals surface area contributed by atoms with Crippen LogP contribution in [0.25, 0.3) is 11.2 Å². The summed E-state index contributed by atoms with van der Waals surface area (Å²) >= 11 is 0. The monoisotopic (exact) mass is 307 g/mol. The number of aromatic nitrogens is 4. The number of nitrogens with zero attached hydrogens (tertiary/aromatic N) is 4. The predicted molar refractivity (Wildman–Crippen MR) is 87.2 cm³/mol. The van der Waals surface area contributed by atoms with Crippen molar-refractivity contribution in [2.24, 2.45) is 12.8 Å².